The van der Waals surface area contributed by atoms with Crippen LogP contribution in [0.2, 0.25) is 0 Å². The zero-order chi connectivity index (χ0) is 17.0. The fourth-order valence-corrected chi connectivity index (χ4v) is 3.28. The average Bonchev–Trinajstić information content (AvgIpc) is 2.56. The smallest absolute Gasteiger partial charge is 0.0316 e. The second-order valence-electron chi connectivity index (χ2n) is 7.39. The summed E-state index contributed by atoms with van der Waals surface area (Å²) in [5.74, 6) is 0.946. The van der Waals surface area contributed by atoms with E-state index in [2.05, 4.69) is 26.8 Å². The quantitative estimate of drug-likeness (QED) is 0.222. The highest BCUT2D eigenvalue weighted by Crippen LogP contribution is 2.18. The topological polar surface area (TPSA) is 0 Å². The van der Waals surface area contributed by atoms with Crippen molar-refractivity contribution >= 4 is 0 Å². The highest BCUT2D eigenvalue weighted by atomic mass is 14.1. The third kappa shape index (κ3) is 19.7. The van der Waals surface area contributed by atoms with Gasteiger partial charge in [-0.25, -0.2) is 0 Å². The Morgan fingerprint density at radius 3 is 1.57 bits per heavy atom. The Morgan fingerprint density at radius 1 is 0.652 bits per heavy atom. The first kappa shape index (κ1) is 22.7. The van der Waals surface area contributed by atoms with Gasteiger partial charge in [-0.15, -0.1) is 0 Å². The highest BCUT2D eigenvalue weighted by molar-refractivity contribution is 4.83. The Labute approximate surface area is 148 Å². The van der Waals surface area contributed by atoms with Crippen molar-refractivity contribution in [3.8, 4) is 0 Å². The van der Waals surface area contributed by atoms with Crippen molar-refractivity contribution < 1.29 is 0 Å². The molecular formula is C23H44. The first-order valence-corrected chi connectivity index (χ1v) is 10.5. The molecule has 0 aromatic heterocycles. The lowest BCUT2D eigenvalue weighted by molar-refractivity contribution is 0.431. The van der Waals surface area contributed by atoms with Crippen molar-refractivity contribution in [2.75, 3.05) is 0 Å². The second kappa shape index (κ2) is 19.8. The van der Waals surface area contributed by atoms with Gasteiger partial charge in [0.15, 0.2) is 0 Å². The lowest BCUT2D eigenvalue weighted by Gasteiger charge is -2.11. The molecule has 0 aliphatic rings. The number of hydrogen-bond donors (Lipinski definition) is 0. The van der Waals surface area contributed by atoms with E-state index in [4.69, 9.17) is 0 Å². The predicted molar refractivity (Wildman–Crippen MR) is 108 cm³/mol. The molecule has 0 amide bonds. The van der Waals surface area contributed by atoms with Gasteiger partial charge >= 0.3 is 0 Å². The monoisotopic (exact) mass is 320 g/mol. The molecule has 0 heterocycles. The lowest BCUT2D eigenvalue weighted by Crippen LogP contribution is -1.95. The molecule has 0 aromatic rings. The van der Waals surface area contributed by atoms with Gasteiger partial charge in [0.1, 0.15) is 0 Å². The number of unbranched alkanes of at least 4 members (excludes halogenated alkanes) is 13. The Morgan fingerprint density at radius 2 is 1.09 bits per heavy atom. The van der Waals surface area contributed by atoms with Crippen LogP contribution in [0.3, 0.4) is 0 Å². The molecule has 0 rings (SSSR count). The Kier molecular flexibility index (Phi) is 19.6. The van der Waals surface area contributed by atoms with Gasteiger partial charge in [0.25, 0.3) is 0 Å². The van der Waals surface area contributed by atoms with Crippen molar-refractivity contribution in [2.45, 2.75) is 116 Å². The third-order valence-corrected chi connectivity index (χ3v) is 4.93. The van der Waals surface area contributed by atoms with Gasteiger partial charge in [0.05, 0.1) is 0 Å². The van der Waals surface area contributed by atoms with Crippen LogP contribution in [0.1, 0.15) is 116 Å². The van der Waals surface area contributed by atoms with E-state index in [1.165, 1.54) is 103 Å². The van der Waals surface area contributed by atoms with Crippen molar-refractivity contribution in [1.82, 2.24) is 0 Å². The minimum absolute atomic E-state index is 0.946. The summed E-state index contributed by atoms with van der Waals surface area (Å²) in [6.45, 7) is 10.1. The summed E-state index contributed by atoms with van der Waals surface area (Å²) in [5, 5.41) is 0. The van der Waals surface area contributed by atoms with E-state index in [1.807, 2.05) is 6.08 Å². The van der Waals surface area contributed by atoms with Crippen LogP contribution < -0.4 is 0 Å². The maximum absolute atomic E-state index is 3.90. The molecule has 136 valence electrons. The minimum Gasteiger partial charge on any atom is -0.0885 e. The molecule has 0 aromatic carbocycles. The van der Waals surface area contributed by atoms with Crippen LogP contribution in [0.25, 0.3) is 0 Å². The molecule has 0 bridgehead atoms. The van der Waals surface area contributed by atoms with E-state index in [9.17, 15) is 0 Å². The van der Waals surface area contributed by atoms with Crippen LogP contribution in [-0.4, -0.2) is 0 Å². The van der Waals surface area contributed by atoms with Crippen LogP contribution in [0.4, 0.5) is 0 Å². The number of rotatable bonds is 18. The zero-order valence-corrected chi connectivity index (χ0v) is 16.2. The molecule has 23 heavy (non-hydrogen) atoms. The van der Waals surface area contributed by atoms with Gasteiger partial charge in [-0.05, 0) is 25.7 Å². The fourth-order valence-electron chi connectivity index (χ4n) is 3.28. The standard InChI is InChI=1S/C23H44/c1-4-6-8-10-12-14-16-18-20-22-23(3)21-19-17-15-13-11-9-7-5-2/h5,7,23H,1-2,4,6,8-22H2,3H3/b7-5+. The molecule has 0 aliphatic heterocycles. The van der Waals surface area contributed by atoms with E-state index in [1.54, 1.807) is 0 Å². The van der Waals surface area contributed by atoms with Crippen LogP contribution in [0.15, 0.2) is 12.2 Å². The molecule has 0 saturated heterocycles. The number of hydrogen-bond acceptors (Lipinski definition) is 0. The Bertz CT molecular complexity index is 228. The summed E-state index contributed by atoms with van der Waals surface area (Å²) in [7, 11) is 0. The third-order valence-electron chi connectivity index (χ3n) is 4.93. The van der Waals surface area contributed by atoms with Crippen LogP contribution in [0, 0.1) is 19.8 Å². The zero-order valence-electron chi connectivity index (χ0n) is 16.2. The molecule has 1 unspecified atom stereocenters. The summed E-state index contributed by atoms with van der Waals surface area (Å²) in [4.78, 5) is 0. The summed E-state index contributed by atoms with van der Waals surface area (Å²) in [6, 6.07) is 0. The van der Waals surface area contributed by atoms with Gasteiger partial charge in [0, 0.05) is 0 Å². The molecule has 0 heteroatoms. The Hall–Kier alpha value is -0.260. The SMILES string of the molecule is [CH2]/C=C/CCCCCCCC(C)CCCCCCCCCC[CH2]. The molecule has 0 aliphatic carbocycles. The minimum atomic E-state index is 0.946. The summed E-state index contributed by atoms with van der Waals surface area (Å²) >= 11 is 0. The first-order valence-electron chi connectivity index (χ1n) is 10.5. The maximum atomic E-state index is 3.90. The van der Waals surface area contributed by atoms with Gasteiger partial charge in [-0.2, -0.15) is 0 Å². The highest BCUT2D eigenvalue weighted by Gasteiger charge is 2.02. The molecule has 2 radical (unpaired) electrons. The van der Waals surface area contributed by atoms with Gasteiger partial charge in [-0.1, -0.05) is 122 Å². The Balaban J connectivity index is 3.14. The largest absolute Gasteiger partial charge is 0.0885 e. The van der Waals surface area contributed by atoms with Crippen molar-refractivity contribution in [2.24, 2.45) is 5.92 Å². The summed E-state index contributed by atoms with van der Waals surface area (Å²) < 4.78 is 0. The first-order chi connectivity index (χ1) is 11.3. The number of allylic oxidation sites excluding steroid dienone is 2. The van der Waals surface area contributed by atoms with E-state index >= 15 is 0 Å². The summed E-state index contributed by atoms with van der Waals surface area (Å²) in [6.07, 6.45) is 27.8. The summed E-state index contributed by atoms with van der Waals surface area (Å²) in [5.41, 5.74) is 0. The lowest BCUT2D eigenvalue weighted by atomic mass is 9.96. The predicted octanol–water partition coefficient (Wildman–Crippen LogP) is 8.48. The van der Waals surface area contributed by atoms with E-state index < -0.39 is 0 Å². The van der Waals surface area contributed by atoms with Gasteiger partial charge in [-0.3, -0.25) is 0 Å². The molecular weight excluding hydrogens is 276 g/mol. The van der Waals surface area contributed by atoms with E-state index in [-0.39, 0.29) is 0 Å². The molecule has 0 saturated carbocycles. The fraction of sp³-hybridized carbons (Fsp3) is 0.826. The molecule has 1 atom stereocenters. The van der Waals surface area contributed by atoms with Gasteiger partial charge < -0.3 is 0 Å². The van der Waals surface area contributed by atoms with E-state index in [0.717, 1.165) is 12.3 Å². The molecule has 0 spiro atoms. The molecule has 0 fully saturated rings. The van der Waals surface area contributed by atoms with Crippen molar-refractivity contribution in [3.05, 3.63) is 26.0 Å². The van der Waals surface area contributed by atoms with Crippen molar-refractivity contribution in [3.63, 3.8) is 0 Å². The van der Waals surface area contributed by atoms with Crippen LogP contribution in [-0.2, 0) is 0 Å². The van der Waals surface area contributed by atoms with Crippen LogP contribution in [0.5, 0.6) is 0 Å². The average molecular weight is 321 g/mol. The van der Waals surface area contributed by atoms with Crippen LogP contribution >= 0.6 is 0 Å². The van der Waals surface area contributed by atoms with E-state index in [0.29, 0.717) is 0 Å². The molecule has 0 N–H and O–H groups in total. The van der Waals surface area contributed by atoms with Gasteiger partial charge in [0.2, 0.25) is 0 Å². The maximum Gasteiger partial charge on any atom is -0.0316 e. The van der Waals surface area contributed by atoms with Crippen molar-refractivity contribution in [1.29, 1.82) is 0 Å². The normalized spacial score (nSPS) is 13.0. The molecule has 0 nitrogen and oxygen atoms in total. The second-order valence-corrected chi connectivity index (χ2v) is 7.39.